The molecular weight excluding hydrogens is 352 g/mol. The molecule has 0 aliphatic carbocycles. The van der Waals surface area contributed by atoms with Gasteiger partial charge in [0, 0.05) is 25.2 Å². The fourth-order valence-electron chi connectivity index (χ4n) is 3.92. The van der Waals surface area contributed by atoms with Crippen LogP contribution in [-0.2, 0) is 11.3 Å². The Labute approximate surface area is 165 Å². The van der Waals surface area contributed by atoms with E-state index in [-0.39, 0.29) is 11.8 Å². The number of rotatable bonds is 4. The number of anilines is 1. The summed E-state index contributed by atoms with van der Waals surface area (Å²) in [7, 11) is 0. The fourth-order valence-corrected chi connectivity index (χ4v) is 3.92. The summed E-state index contributed by atoms with van der Waals surface area (Å²) in [5, 5.41) is 4.08. The maximum absolute atomic E-state index is 12.8. The summed E-state index contributed by atoms with van der Waals surface area (Å²) in [6.07, 6.45) is 3.40. The van der Waals surface area contributed by atoms with Gasteiger partial charge in [-0.2, -0.15) is 0 Å². The number of furan rings is 1. The zero-order valence-corrected chi connectivity index (χ0v) is 16.7. The third-order valence-electron chi connectivity index (χ3n) is 5.75. The average molecular weight is 378 g/mol. The lowest BCUT2D eigenvalue weighted by Gasteiger charge is -2.33. The van der Waals surface area contributed by atoms with Crippen LogP contribution in [0.25, 0.3) is 11.1 Å². The van der Waals surface area contributed by atoms with E-state index in [0.717, 1.165) is 47.5 Å². The number of benzene rings is 1. The second kappa shape index (κ2) is 7.62. The van der Waals surface area contributed by atoms with E-state index < -0.39 is 0 Å². The number of carbonyl (C=O) groups is 1. The van der Waals surface area contributed by atoms with Crippen molar-refractivity contribution in [3.05, 3.63) is 53.0 Å². The molecule has 1 aromatic carbocycles. The predicted octanol–water partition coefficient (Wildman–Crippen LogP) is 3.68. The van der Waals surface area contributed by atoms with Crippen LogP contribution in [0.4, 0.5) is 5.82 Å². The molecule has 28 heavy (non-hydrogen) atoms. The first-order valence-electron chi connectivity index (χ1n) is 9.82. The van der Waals surface area contributed by atoms with E-state index in [0.29, 0.717) is 18.8 Å². The summed E-state index contributed by atoms with van der Waals surface area (Å²) in [6, 6.07) is 8.15. The third-order valence-corrected chi connectivity index (χ3v) is 5.75. The van der Waals surface area contributed by atoms with Gasteiger partial charge in [0.05, 0.1) is 11.3 Å². The number of aromatic nitrogens is 2. The van der Waals surface area contributed by atoms with Crippen LogP contribution in [0.2, 0.25) is 0 Å². The molecule has 3 aromatic rings. The van der Waals surface area contributed by atoms with Gasteiger partial charge in [-0.05, 0) is 44.7 Å². The summed E-state index contributed by atoms with van der Waals surface area (Å²) in [4.78, 5) is 23.8. The van der Waals surface area contributed by atoms with Gasteiger partial charge in [0.1, 0.15) is 17.9 Å². The van der Waals surface area contributed by atoms with Crippen LogP contribution in [0.3, 0.4) is 0 Å². The molecule has 0 saturated carbocycles. The summed E-state index contributed by atoms with van der Waals surface area (Å²) in [6.45, 7) is 8.16. The Bertz CT molecular complexity index is 1010. The lowest BCUT2D eigenvalue weighted by Crippen LogP contribution is -2.43. The van der Waals surface area contributed by atoms with Gasteiger partial charge in [-0.3, -0.25) is 4.79 Å². The van der Waals surface area contributed by atoms with Crippen LogP contribution in [0.5, 0.6) is 0 Å². The molecule has 0 radical (unpaired) electrons. The minimum atomic E-state index is -0.0453. The summed E-state index contributed by atoms with van der Waals surface area (Å²) in [5.41, 5.74) is 4.04. The number of amides is 1. The number of carbonyl (C=O) groups excluding carboxylic acids is 1. The minimum absolute atomic E-state index is 0.0453. The molecule has 4 rings (SSSR count). The number of aryl methyl sites for hydroxylation is 3. The maximum Gasteiger partial charge on any atom is 0.231 e. The van der Waals surface area contributed by atoms with Crippen LogP contribution < -0.4 is 10.2 Å². The molecule has 1 aliphatic rings. The van der Waals surface area contributed by atoms with Gasteiger partial charge in [0.15, 0.2) is 0 Å². The van der Waals surface area contributed by atoms with Crippen molar-refractivity contribution in [3.8, 4) is 0 Å². The molecule has 1 fully saturated rings. The zero-order valence-electron chi connectivity index (χ0n) is 16.7. The second-order valence-corrected chi connectivity index (χ2v) is 7.59. The van der Waals surface area contributed by atoms with E-state index in [4.69, 9.17) is 4.42 Å². The fraction of sp³-hybridized carbons (Fsp3) is 0.409. The summed E-state index contributed by atoms with van der Waals surface area (Å²) < 4.78 is 5.75. The topological polar surface area (TPSA) is 71.3 Å². The molecule has 1 atom stereocenters. The van der Waals surface area contributed by atoms with Gasteiger partial charge in [-0.25, -0.2) is 9.97 Å². The molecule has 1 aliphatic heterocycles. The minimum Gasteiger partial charge on any atom is -0.443 e. The molecule has 0 spiro atoms. The van der Waals surface area contributed by atoms with Crippen molar-refractivity contribution >= 4 is 22.8 Å². The molecule has 6 heteroatoms. The highest BCUT2D eigenvalue weighted by Gasteiger charge is 2.28. The molecule has 1 amide bonds. The number of fused-ring (bicyclic) bond motifs is 1. The van der Waals surface area contributed by atoms with Crippen LogP contribution in [-0.4, -0.2) is 29.0 Å². The van der Waals surface area contributed by atoms with Gasteiger partial charge in [0.2, 0.25) is 11.6 Å². The van der Waals surface area contributed by atoms with Gasteiger partial charge in [-0.1, -0.05) is 24.3 Å². The zero-order chi connectivity index (χ0) is 19.7. The number of nitrogens with one attached hydrogen (secondary N) is 1. The van der Waals surface area contributed by atoms with Crippen molar-refractivity contribution in [2.75, 3.05) is 18.0 Å². The standard InChI is InChI=1S/C22H26N4O2/c1-14-7-4-5-8-17(14)11-23-21(27)18-9-6-10-26(12-18)20-19-15(2)16(3)28-22(19)25-13-24-20/h4-5,7-8,13,18H,6,9-12H2,1-3H3,(H,23,27)/t18-/m0/s1. The number of nitrogens with zero attached hydrogens (tertiary/aromatic N) is 3. The normalized spacial score (nSPS) is 17.1. The molecular formula is C22H26N4O2. The van der Waals surface area contributed by atoms with Crippen molar-refractivity contribution in [1.82, 2.24) is 15.3 Å². The van der Waals surface area contributed by atoms with E-state index in [9.17, 15) is 4.79 Å². The Hall–Kier alpha value is -2.89. The van der Waals surface area contributed by atoms with Crippen molar-refractivity contribution in [2.24, 2.45) is 5.92 Å². The van der Waals surface area contributed by atoms with Gasteiger partial charge < -0.3 is 14.6 Å². The second-order valence-electron chi connectivity index (χ2n) is 7.59. The maximum atomic E-state index is 12.8. The first-order valence-corrected chi connectivity index (χ1v) is 9.82. The average Bonchev–Trinajstić information content (AvgIpc) is 3.01. The Morgan fingerprint density at radius 1 is 1.25 bits per heavy atom. The van der Waals surface area contributed by atoms with Crippen LogP contribution in [0.1, 0.15) is 35.3 Å². The van der Waals surface area contributed by atoms with E-state index >= 15 is 0 Å². The van der Waals surface area contributed by atoms with Gasteiger partial charge in [-0.15, -0.1) is 0 Å². The predicted molar refractivity (Wildman–Crippen MR) is 109 cm³/mol. The van der Waals surface area contributed by atoms with Crippen molar-refractivity contribution in [3.63, 3.8) is 0 Å². The monoisotopic (exact) mass is 378 g/mol. The molecule has 1 saturated heterocycles. The van der Waals surface area contributed by atoms with Crippen molar-refractivity contribution in [2.45, 2.75) is 40.2 Å². The molecule has 146 valence electrons. The van der Waals surface area contributed by atoms with Crippen LogP contribution >= 0.6 is 0 Å². The first kappa shape index (κ1) is 18.5. The Morgan fingerprint density at radius 3 is 2.89 bits per heavy atom. The Kier molecular flexibility index (Phi) is 5.03. The molecule has 3 heterocycles. The molecule has 0 bridgehead atoms. The summed E-state index contributed by atoms with van der Waals surface area (Å²) >= 11 is 0. The van der Waals surface area contributed by atoms with Crippen LogP contribution in [0, 0.1) is 26.7 Å². The number of hydrogen-bond acceptors (Lipinski definition) is 5. The first-order chi connectivity index (χ1) is 13.5. The highest BCUT2D eigenvalue weighted by atomic mass is 16.3. The quantitative estimate of drug-likeness (QED) is 0.750. The number of piperidine rings is 1. The Morgan fingerprint density at radius 2 is 2.07 bits per heavy atom. The van der Waals surface area contributed by atoms with E-state index in [1.165, 1.54) is 5.56 Å². The smallest absolute Gasteiger partial charge is 0.231 e. The largest absolute Gasteiger partial charge is 0.443 e. The molecule has 0 unspecified atom stereocenters. The van der Waals surface area contributed by atoms with Crippen molar-refractivity contribution in [1.29, 1.82) is 0 Å². The number of hydrogen-bond donors (Lipinski definition) is 1. The highest BCUT2D eigenvalue weighted by Crippen LogP contribution is 2.32. The van der Waals surface area contributed by atoms with E-state index in [1.807, 2.05) is 26.0 Å². The van der Waals surface area contributed by atoms with E-state index in [2.05, 4.69) is 39.2 Å². The van der Waals surface area contributed by atoms with Crippen LogP contribution in [0.15, 0.2) is 35.0 Å². The Balaban J connectivity index is 1.49. The summed E-state index contributed by atoms with van der Waals surface area (Å²) in [5.74, 6) is 1.80. The molecule has 6 nitrogen and oxygen atoms in total. The van der Waals surface area contributed by atoms with Crippen molar-refractivity contribution < 1.29 is 9.21 Å². The van der Waals surface area contributed by atoms with Gasteiger partial charge >= 0.3 is 0 Å². The van der Waals surface area contributed by atoms with Gasteiger partial charge in [0.25, 0.3) is 0 Å². The third kappa shape index (κ3) is 3.46. The highest BCUT2D eigenvalue weighted by molar-refractivity contribution is 5.90. The lowest BCUT2D eigenvalue weighted by atomic mass is 9.96. The lowest BCUT2D eigenvalue weighted by molar-refractivity contribution is -0.125. The molecule has 1 N–H and O–H groups in total. The van der Waals surface area contributed by atoms with E-state index in [1.54, 1.807) is 6.33 Å². The molecule has 2 aromatic heterocycles. The SMILES string of the molecule is Cc1ccccc1CNC(=O)[C@H]1CCCN(c2ncnc3oc(C)c(C)c23)C1.